The maximum atomic E-state index is 5.87. The van der Waals surface area contributed by atoms with E-state index in [1.165, 1.54) is 6.33 Å². The van der Waals surface area contributed by atoms with Crippen molar-refractivity contribution < 1.29 is 4.74 Å². The van der Waals surface area contributed by atoms with Gasteiger partial charge in [-0.1, -0.05) is 0 Å². The molecule has 1 aliphatic heterocycles. The van der Waals surface area contributed by atoms with E-state index in [1.54, 1.807) is 4.52 Å². The fourth-order valence-corrected chi connectivity index (χ4v) is 2.04. The number of aromatic nitrogens is 3. The van der Waals surface area contributed by atoms with Crippen LogP contribution in [0.3, 0.4) is 0 Å². The second-order valence-electron chi connectivity index (χ2n) is 4.21. The molecule has 2 aromatic heterocycles. The Morgan fingerprint density at radius 1 is 1.50 bits per heavy atom. The molecular formula is C11H14N4O. The van der Waals surface area contributed by atoms with Crippen molar-refractivity contribution in [3.8, 4) is 5.75 Å². The minimum Gasteiger partial charge on any atom is -0.487 e. The summed E-state index contributed by atoms with van der Waals surface area (Å²) in [6, 6.07) is 4.39. The molecule has 84 valence electrons. The van der Waals surface area contributed by atoms with Gasteiger partial charge in [-0.25, -0.2) is 9.50 Å². The Hall–Kier alpha value is -1.62. The van der Waals surface area contributed by atoms with Gasteiger partial charge in [0.25, 0.3) is 0 Å². The summed E-state index contributed by atoms with van der Waals surface area (Å²) < 4.78 is 7.60. The molecule has 0 bridgehead atoms. The van der Waals surface area contributed by atoms with Gasteiger partial charge in [0.05, 0.1) is 6.20 Å². The molecule has 2 atom stereocenters. The largest absolute Gasteiger partial charge is 0.487 e. The molecule has 1 N–H and O–H groups in total. The third-order valence-electron chi connectivity index (χ3n) is 2.86. The van der Waals surface area contributed by atoms with E-state index in [1.807, 2.05) is 18.3 Å². The summed E-state index contributed by atoms with van der Waals surface area (Å²) in [5, 5.41) is 7.44. The highest BCUT2D eigenvalue weighted by Crippen LogP contribution is 2.17. The van der Waals surface area contributed by atoms with Gasteiger partial charge in [-0.05, 0) is 19.1 Å². The van der Waals surface area contributed by atoms with Gasteiger partial charge in [0, 0.05) is 19.0 Å². The van der Waals surface area contributed by atoms with Crippen LogP contribution in [-0.2, 0) is 0 Å². The topological polar surface area (TPSA) is 51.5 Å². The molecule has 1 saturated heterocycles. The van der Waals surface area contributed by atoms with Crippen LogP contribution >= 0.6 is 0 Å². The fraction of sp³-hybridized carbons (Fsp3) is 0.455. The summed E-state index contributed by atoms with van der Waals surface area (Å²) >= 11 is 0. The number of pyridine rings is 1. The first-order valence-corrected chi connectivity index (χ1v) is 5.51. The Labute approximate surface area is 93.4 Å². The minimum atomic E-state index is 0.260. The SMILES string of the molecule is C[C@H]1C[C@@H](Oc2ccc3ncnn3c2)CN1. The van der Waals surface area contributed by atoms with Gasteiger partial charge in [0.1, 0.15) is 18.2 Å². The van der Waals surface area contributed by atoms with Gasteiger partial charge in [-0.2, -0.15) is 5.10 Å². The van der Waals surface area contributed by atoms with Crippen molar-refractivity contribution in [3.63, 3.8) is 0 Å². The van der Waals surface area contributed by atoms with Crippen LogP contribution in [0.1, 0.15) is 13.3 Å². The first-order chi connectivity index (χ1) is 7.81. The average Bonchev–Trinajstić information content (AvgIpc) is 2.87. The van der Waals surface area contributed by atoms with Crippen LogP contribution in [0, 0.1) is 0 Å². The summed E-state index contributed by atoms with van der Waals surface area (Å²) in [5.41, 5.74) is 0.838. The predicted molar refractivity (Wildman–Crippen MR) is 59.5 cm³/mol. The lowest BCUT2D eigenvalue weighted by atomic mass is 10.2. The second kappa shape index (κ2) is 3.75. The molecule has 1 fully saturated rings. The van der Waals surface area contributed by atoms with Crippen molar-refractivity contribution in [2.75, 3.05) is 6.54 Å². The molecule has 0 aromatic carbocycles. The highest BCUT2D eigenvalue weighted by molar-refractivity contribution is 5.39. The molecule has 0 unspecified atom stereocenters. The first-order valence-electron chi connectivity index (χ1n) is 5.51. The molecule has 1 aliphatic rings. The molecular weight excluding hydrogens is 204 g/mol. The quantitative estimate of drug-likeness (QED) is 0.812. The van der Waals surface area contributed by atoms with Crippen molar-refractivity contribution >= 4 is 5.65 Å². The van der Waals surface area contributed by atoms with Crippen LogP contribution in [0.2, 0.25) is 0 Å². The Morgan fingerprint density at radius 3 is 3.25 bits per heavy atom. The van der Waals surface area contributed by atoms with Crippen molar-refractivity contribution in [2.45, 2.75) is 25.5 Å². The van der Waals surface area contributed by atoms with Crippen molar-refractivity contribution in [1.29, 1.82) is 0 Å². The predicted octanol–water partition coefficient (Wildman–Crippen LogP) is 0.858. The number of nitrogens with one attached hydrogen (secondary N) is 1. The summed E-state index contributed by atoms with van der Waals surface area (Å²) in [7, 11) is 0. The Morgan fingerprint density at radius 2 is 2.44 bits per heavy atom. The highest BCUT2D eigenvalue weighted by atomic mass is 16.5. The number of nitrogens with zero attached hydrogens (tertiary/aromatic N) is 3. The average molecular weight is 218 g/mol. The van der Waals surface area contributed by atoms with E-state index in [4.69, 9.17) is 4.74 Å². The van der Waals surface area contributed by atoms with Gasteiger partial charge in [-0.15, -0.1) is 0 Å². The lowest BCUT2D eigenvalue weighted by molar-refractivity contribution is 0.219. The number of hydrogen-bond acceptors (Lipinski definition) is 4. The van der Waals surface area contributed by atoms with E-state index in [0.717, 1.165) is 24.4 Å². The van der Waals surface area contributed by atoms with Crippen LogP contribution in [0.15, 0.2) is 24.7 Å². The molecule has 2 aromatic rings. The maximum Gasteiger partial charge on any atom is 0.155 e. The highest BCUT2D eigenvalue weighted by Gasteiger charge is 2.22. The maximum absolute atomic E-state index is 5.87. The van der Waals surface area contributed by atoms with E-state index in [0.29, 0.717) is 6.04 Å². The van der Waals surface area contributed by atoms with Crippen molar-refractivity contribution in [3.05, 3.63) is 24.7 Å². The Kier molecular flexibility index (Phi) is 2.25. The molecule has 5 nitrogen and oxygen atoms in total. The molecule has 0 aliphatic carbocycles. The third kappa shape index (κ3) is 1.74. The van der Waals surface area contributed by atoms with E-state index in [9.17, 15) is 0 Å². The zero-order valence-electron chi connectivity index (χ0n) is 9.13. The number of hydrogen-bond donors (Lipinski definition) is 1. The summed E-state index contributed by atoms with van der Waals surface area (Å²) in [6.45, 7) is 3.08. The van der Waals surface area contributed by atoms with E-state index < -0.39 is 0 Å². The first kappa shape index (κ1) is 9.59. The van der Waals surface area contributed by atoms with Crippen LogP contribution in [0.4, 0.5) is 0 Å². The van der Waals surface area contributed by atoms with Gasteiger partial charge in [-0.3, -0.25) is 0 Å². The number of fused-ring (bicyclic) bond motifs is 1. The fourth-order valence-electron chi connectivity index (χ4n) is 2.04. The minimum absolute atomic E-state index is 0.260. The summed E-state index contributed by atoms with van der Waals surface area (Å²) in [5.74, 6) is 0.846. The molecule has 0 amide bonds. The van der Waals surface area contributed by atoms with Gasteiger partial charge in [0.15, 0.2) is 5.65 Å². The van der Waals surface area contributed by atoms with Crippen LogP contribution < -0.4 is 10.1 Å². The van der Waals surface area contributed by atoms with Crippen LogP contribution in [0.25, 0.3) is 5.65 Å². The lowest BCUT2D eigenvalue weighted by Crippen LogP contribution is -2.20. The van der Waals surface area contributed by atoms with Crippen LogP contribution in [-0.4, -0.2) is 33.3 Å². The number of rotatable bonds is 2. The number of ether oxygens (including phenoxy) is 1. The molecule has 3 rings (SSSR count). The normalized spacial score (nSPS) is 25.1. The van der Waals surface area contributed by atoms with Gasteiger partial charge >= 0.3 is 0 Å². The van der Waals surface area contributed by atoms with Crippen molar-refractivity contribution in [2.24, 2.45) is 0 Å². The smallest absolute Gasteiger partial charge is 0.155 e. The van der Waals surface area contributed by atoms with Crippen LogP contribution in [0.5, 0.6) is 5.75 Å². The molecule has 16 heavy (non-hydrogen) atoms. The van der Waals surface area contributed by atoms with Gasteiger partial charge in [0.2, 0.25) is 0 Å². The molecule has 3 heterocycles. The Bertz CT molecular complexity index is 495. The molecule has 0 spiro atoms. The second-order valence-corrected chi connectivity index (χ2v) is 4.21. The third-order valence-corrected chi connectivity index (χ3v) is 2.86. The standard InChI is InChI=1S/C11H14N4O/c1-8-4-10(5-12-8)16-9-2-3-11-13-7-14-15(11)6-9/h2-3,6-8,10,12H,4-5H2,1H3/t8-,10+/m0/s1. The van der Waals surface area contributed by atoms with E-state index in [2.05, 4.69) is 22.3 Å². The molecule has 0 radical (unpaired) electrons. The van der Waals surface area contributed by atoms with E-state index >= 15 is 0 Å². The zero-order valence-corrected chi connectivity index (χ0v) is 9.13. The lowest BCUT2D eigenvalue weighted by Gasteiger charge is -2.12. The summed E-state index contributed by atoms with van der Waals surface area (Å²) in [4.78, 5) is 4.09. The molecule has 0 saturated carbocycles. The van der Waals surface area contributed by atoms with Crippen molar-refractivity contribution in [1.82, 2.24) is 19.9 Å². The Balaban J connectivity index is 1.78. The zero-order chi connectivity index (χ0) is 11.0. The van der Waals surface area contributed by atoms with Gasteiger partial charge < -0.3 is 10.1 Å². The summed E-state index contributed by atoms with van der Waals surface area (Å²) in [6.07, 6.45) is 4.72. The molecule has 5 heteroatoms. The van der Waals surface area contributed by atoms with E-state index in [-0.39, 0.29) is 6.10 Å². The monoisotopic (exact) mass is 218 g/mol.